The molecule has 0 heterocycles. The minimum absolute atomic E-state index is 0.147. The lowest BCUT2D eigenvalue weighted by atomic mass is 10.2. The van der Waals surface area contributed by atoms with Crippen LogP contribution < -0.4 is 10.6 Å². The number of azo groups is 1. The van der Waals surface area contributed by atoms with Crippen LogP contribution >= 0.6 is 0 Å². The van der Waals surface area contributed by atoms with Crippen LogP contribution in [0, 0.1) is 20.8 Å². The van der Waals surface area contributed by atoms with Gasteiger partial charge in [-0.15, -0.1) is 0 Å². The summed E-state index contributed by atoms with van der Waals surface area (Å²) in [5.74, 6) is -0.147. The number of amides is 2. The highest BCUT2D eigenvalue weighted by atomic mass is 16.1. The first-order valence-corrected chi connectivity index (χ1v) is 11.2. The lowest BCUT2D eigenvalue weighted by molar-refractivity contribution is -0.105. The van der Waals surface area contributed by atoms with Gasteiger partial charge in [-0.1, -0.05) is 53.1 Å². The van der Waals surface area contributed by atoms with Gasteiger partial charge in [-0.3, -0.25) is 9.59 Å². The topological polar surface area (TPSA) is 82.9 Å². The third kappa shape index (κ3) is 8.37. The predicted molar refractivity (Wildman–Crippen MR) is 142 cm³/mol. The molecule has 0 radical (unpaired) electrons. The maximum Gasteiger partial charge on any atom is 0.255 e. The van der Waals surface area contributed by atoms with Crippen molar-refractivity contribution in [2.45, 2.75) is 20.8 Å². The van der Waals surface area contributed by atoms with Crippen LogP contribution in [0.2, 0.25) is 0 Å². The predicted octanol–water partition coefficient (Wildman–Crippen LogP) is 7.53. The summed E-state index contributed by atoms with van der Waals surface area (Å²) in [6.07, 6.45) is 0.671. The van der Waals surface area contributed by atoms with E-state index in [0.717, 1.165) is 22.6 Å². The van der Waals surface area contributed by atoms with E-state index < -0.39 is 0 Å². The van der Waals surface area contributed by atoms with Crippen LogP contribution in [0.1, 0.15) is 27.0 Å². The summed E-state index contributed by atoms with van der Waals surface area (Å²) in [6.45, 7) is 6.04. The molecule has 2 N–H and O–H groups in total. The van der Waals surface area contributed by atoms with E-state index in [9.17, 15) is 9.59 Å². The lowest BCUT2D eigenvalue weighted by Gasteiger charge is -2.05. The van der Waals surface area contributed by atoms with Gasteiger partial charge in [-0.25, -0.2) is 0 Å². The molecule has 6 heteroatoms. The van der Waals surface area contributed by atoms with E-state index in [1.165, 1.54) is 11.1 Å². The highest BCUT2D eigenvalue weighted by Gasteiger charge is 2.05. The molecule has 2 amide bonds. The van der Waals surface area contributed by atoms with Gasteiger partial charge in [0.1, 0.15) is 0 Å². The lowest BCUT2D eigenvalue weighted by Crippen LogP contribution is -2.11. The van der Waals surface area contributed by atoms with Crippen molar-refractivity contribution in [1.82, 2.24) is 0 Å². The number of benzene rings is 4. The van der Waals surface area contributed by atoms with E-state index in [-0.39, 0.29) is 5.91 Å². The van der Waals surface area contributed by atoms with Gasteiger partial charge < -0.3 is 10.6 Å². The molecular formula is C29H28N4O2. The third-order valence-electron chi connectivity index (χ3n) is 5.03. The fourth-order valence-corrected chi connectivity index (χ4v) is 2.96. The zero-order valence-electron chi connectivity index (χ0n) is 20.0. The summed E-state index contributed by atoms with van der Waals surface area (Å²) in [4.78, 5) is 22.2. The maximum atomic E-state index is 12.3. The monoisotopic (exact) mass is 464 g/mol. The fourth-order valence-electron chi connectivity index (χ4n) is 2.96. The van der Waals surface area contributed by atoms with Crippen molar-refractivity contribution in [2.24, 2.45) is 10.2 Å². The molecule has 176 valence electrons. The number of carbonyl (C=O) groups excluding carboxylic acids is 2. The second-order valence-electron chi connectivity index (χ2n) is 8.03. The SMILES string of the molecule is Cc1ccc(N=Nc2ccc(C(=O)Nc3ccc(C)cc3)cc2)cc1.Cc1ccc(NC=O)cc1. The molecule has 0 aliphatic heterocycles. The second-order valence-corrected chi connectivity index (χ2v) is 8.03. The molecule has 0 fully saturated rings. The minimum atomic E-state index is -0.147. The summed E-state index contributed by atoms with van der Waals surface area (Å²) in [6, 6.07) is 30.2. The molecule has 0 spiro atoms. The number of hydrogen-bond acceptors (Lipinski definition) is 4. The molecule has 0 saturated carbocycles. The highest BCUT2D eigenvalue weighted by Crippen LogP contribution is 2.20. The van der Waals surface area contributed by atoms with E-state index in [4.69, 9.17) is 0 Å². The molecule has 6 nitrogen and oxygen atoms in total. The number of carbonyl (C=O) groups is 2. The molecule has 0 unspecified atom stereocenters. The van der Waals surface area contributed by atoms with Crippen LogP contribution in [0.15, 0.2) is 107 Å². The first kappa shape index (κ1) is 25.1. The van der Waals surface area contributed by atoms with Crippen molar-refractivity contribution < 1.29 is 9.59 Å². The number of aryl methyl sites for hydroxylation is 3. The van der Waals surface area contributed by atoms with Gasteiger partial charge in [0, 0.05) is 16.9 Å². The van der Waals surface area contributed by atoms with E-state index in [2.05, 4.69) is 20.9 Å². The zero-order valence-corrected chi connectivity index (χ0v) is 20.0. The molecule has 4 rings (SSSR count). The van der Waals surface area contributed by atoms with E-state index in [1.807, 2.05) is 93.6 Å². The molecule has 0 atom stereocenters. The molecule has 0 aliphatic rings. The molecule has 0 bridgehead atoms. The Morgan fingerprint density at radius 2 is 1.00 bits per heavy atom. The molecular weight excluding hydrogens is 436 g/mol. The Hall–Kier alpha value is -4.58. The molecule has 4 aromatic rings. The van der Waals surface area contributed by atoms with Gasteiger partial charge in [0.05, 0.1) is 11.4 Å². The van der Waals surface area contributed by atoms with Crippen molar-refractivity contribution in [1.29, 1.82) is 0 Å². The molecule has 0 aliphatic carbocycles. The van der Waals surface area contributed by atoms with Crippen LogP contribution in [0.4, 0.5) is 22.7 Å². The van der Waals surface area contributed by atoms with Gasteiger partial charge in [-0.2, -0.15) is 10.2 Å². The first-order valence-electron chi connectivity index (χ1n) is 11.2. The Labute approximate surface area is 205 Å². The van der Waals surface area contributed by atoms with Gasteiger partial charge >= 0.3 is 0 Å². The fraction of sp³-hybridized carbons (Fsp3) is 0.103. The third-order valence-corrected chi connectivity index (χ3v) is 5.03. The van der Waals surface area contributed by atoms with Crippen LogP contribution in [0.5, 0.6) is 0 Å². The summed E-state index contributed by atoms with van der Waals surface area (Å²) in [5.41, 5.74) is 7.22. The summed E-state index contributed by atoms with van der Waals surface area (Å²) < 4.78 is 0. The average Bonchev–Trinajstić information content (AvgIpc) is 2.87. The van der Waals surface area contributed by atoms with Crippen LogP contribution in [-0.2, 0) is 4.79 Å². The molecule has 0 aromatic heterocycles. The van der Waals surface area contributed by atoms with E-state index >= 15 is 0 Å². The number of nitrogens with zero attached hydrogens (tertiary/aromatic N) is 2. The van der Waals surface area contributed by atoms with Crippen molar-refractivity contribution in [3.8, 4) is 0 Å². The molecule has 4 aromatic carbocycles. The van der Waals surface area contributed by atoms with Gasteiger partial charge in [0.25, 0.3) is 5.91 Å². The summed E-state index contributed by atoms with van der Waals surface area (Å²) in [5, 5.41) is 13.8. The zero-order chi connectivity index (χ0) is 25.0. The number of nitrogens with one attached hydrogen (secondary N) is 2. The molecule has 35 heavy (non-hydrogen) atoms. The van der Waals surface area contributed by atoms with Crippen molar-refractivity contribution in [2.75, 3.05) is 10.6 Å². The van der Waals surface area contributed by atoms with Gasteiger partial charge in [0.15, 0.2) is 0 Å². The highest BCUT2D eigenvalue weighted by molar-refractivity contribution is 6.04. The van der Waals surface area contributed by atoms with Crippen molar-refractivity contribution in [3.63, 3.8) is 0 Å². The Kier molecular flexibility index (Phi) is 9.02. The average molecular weight is 465 g/mol. The van der Waals surface area contributed by atoms with Crippen LogP contribution in [0.3, 0.4) is 0 Å². The van der Waals surface area contributed by atoms with Crippen LogP contribution in [0.25, 0.3) is 0 Å². The van der Waals surface area contributed by atoms with Crippen molar-refractivity contribution in [3.05, 3.63) is 119 Å². The second kappa shape index (κ2) is 12.6. The summed E-state index contributed by atoms with van der Waals surface area (Å²) in [7, 11) is 0. The number of hydrogen-bond donors (Lipinski definition) is 2. The van der Waals surface area contributed by atoms with Gasteiger partial charge in [-0.05, 0) is 81.4 Å². The van der Waals surface area contributed by atoms with Crippen LogP contribution in [-0.4, -0.2) is 12.3 Å². The largest absolute Gasteiger partial charge is 0.329 e. The van der Waals surface area contributed by atoms with E-state index in [1.54, 1.807) is 24.3 Å². The Balaban J connectivity index is 0.000000287. The van der Waals surface area contributed by atoms with E-state index in [0.29, 0.717) is 17.7 Å². The van der Waals surface area contributed by atoms with Crippen molar-refractivity contribution >= 4 is 35.1 Å². The maximum absolute atomic E-state index is 12.3. The van der Waals surface area contributed by atoms with Gasteiger partial charge in [0.2, 0.25) is 6.41 Å². The smallest absolute Gasteiger partial charge is 0.255 e. The standard InChI is InChI=1S/C21H19N3O.C8H9NO/c1-15-3-9-18(10-4-15)22-21(25)17-7-13-20(14-8-17)24-23-19-11-5-16(2)6-12-19;1-7-2-4-8(5-3-7)9-6-10/h3-14H,1-2H3,(H,22,25);2-6H,1H3,(H,9,10). The number of anilines is 2. The Bertz CT molecular complexity index is 1260. The quantitative estimate of drug-likeness (QED) is 0.228. The minimum Gasteiger partial charge on any atom is -0.329 e. The Morgan fingerprint density at radius 1 is 0.600 bits per heavy atom. The normalized spacial score (nSPS) is 10.3. The Morgan fingerprint density at radius 3 is 1.46 bits per heavy atom. The molecule has 0 saturated heterocycles. The summed E-state index contributed by atoms with van der Waals surface area (Å²) >= 11 is 0. The first-order chi connectivity index (χ1) is 16.9. The number of rotatable bonds is 6.